The van der Waals surface area contributed by atoms with E-state index in [9.17, 15) is 13.2 Å². The fourth-order valence-corrected chi connectivity index (χ4v) is 3.09. The zero-order valence-corrected chi connectivity index (χ0v) is 15.7. The Labute approximate surface area is 162 Å². The van der Waals surface area contributed by atoms with E-state index in [1.807, 2.05) is 0 Å². The first-order valence-electron chi connectivity index (χ1n) is 9.44. The van der Waals surface area contributed by atoms with Gasteiger partial charge in [-0.1, -0.05) is 31.6 Å². The minimum Gasteiger partial charge on any atom is -0.432 e. The number of allylic oxidation sites excluding steroid dienone is 1. The van der Waals surface area contributed by atoms with Gasteiger partial charge in [0, 0.05) is 11.5 Å². The summed E-state index contributed by atoms with van der Waals surface area (Å²) in [6, 6.07) is 3.64. The first kappa shape index (κ1) is 21.1. The van der Waals surface area contributed by atoms with Gasteiger partial charge in [0.2, 0.25) is 0 Å². The second-order valence-electron chi connectivity index (χ2n) is 6.84. The maximum absolute atomic E-state index is 13.9. The Kier molecular flexibility index (Phi) is 7.73. The second-order valence-corrected chi connectivity index (χ2v) is 6.84. The molecule has 0 aliphatic carbocycles. The third kappa shape index (κ3) is 5.70. The molecule has 0 bridgehead atoms. The molecule has 0 amide bonds. The van der Waals surface area contributed by atoms with E-state index in [-0.39, 0.29) is 11.8 Å². The topological polar surface area (TPSA) is 46.2 Å². The molecule has 0 spiro atoms. The number of hydrogen-bond donors (Lipinski definition) is 0. The van der Waals surface area contributed by atoms with Crippen LogP contribution in [0, 0.1) is 17.7 Å². The molecular formula is C20H25F3O5. The second kappa shape index (κ2) is 10.2. The van der Waals surface area contributed by atoms with E-state index in [4.69, 9.17) is 18.9 Å². The predicted octanol–water partition coefficient (Wildman–Crippen LogP) is 4.43. The molecule has 2 saturated heterocycles. The van der Waals surface area contributed by atoms with E-state index in [0.717, 1.165) is 25.0 Å². The van der Waals surface area contributed by atoms with Crippen LogP contribution in [-0.2, 0) is 18.9 Å². The molecule has 2 fully saturated rings. The summed E-state index contributed by atoms with van der Waals surface area (Å²) in [5.41, 5.74) is 0.393. The number of alkyl halides is 2. The van der Waals surface area contributed by atoms with Crippen molar-refractivity contribution >= 4 is 0 Å². The average molecular weight is 402 g/mol. The van der Waals surface area contributed by atoms with Crippen molar-refractivity contribution in [3.05, 3.63) is 41.7 Å². The van der Waals surface area contributed by atoms with Crippen LogP contribution in [0.5, 0.6) is 5.75 Å². The molecule has 0 aromatic heterocycles. The SMILES string of the molecule is CCCC=CC1COC(C2COC(c3ccc(OC(F)F)c(F)c3)OC2)OC1. The standard InChI is InChI=1S/C20H25F3O5/c1-2-3-4-5-13-9-24-19(25-10-13)15-11-26-18(27-12-15)14-6-7-17(16(21)8-14)28-20(22)23/h4-8,13,15,18-20H,2-3,9-12H2,1H3. The lowest BCUT2D eigenvalue weighted by molar-refractivity contribution is -0.280. The van der Waals surface area contributed by atoms with Gasteiger partial charge in [-0.15, -0.1) is 0 Å². The fraction of sp³-hybridized carbons (Fsp3) is 0.600. The van der Waals surface area contributed by atoms with Crippen molar-refractivity contribution in [1.29, 1.82) is 0 Å². The van der Waals surface area contributed by atoms with Gasteiger partial charge >= 0.3 is 6.61 Å². The number of unbranched alkanes of at least 4 members (excludes halogenated alkanes) is 1. The lowest BCUT2D eigenvalue weighted by atomic mass is 10.1. The van der Waals surface area contributed by atoms with Crippen LogP contribution in [0.2, 0.25) is 0 Å². The summed E-state index contributed by atoms with van der Waals surface area (Å²) in [6.45, 7) is 0.861. The summed E-state index contributed by atoms with van der Waals surface area (Å²) in [5.74, 6) is -1.26. The molecule has 8 heteroatoms. The highest BCUT2D eigenvalue weighted by Crippen LogP contribution is 2.31. The molecule has 5 nitrogen and oxygen atoms in total. The average Bonchev–Trinajstić information content (AvgIpc) is 2.70. The van der Waals surface area contributed by atoms with Crippen LogP contribution in [-0.4, -0.2) is 39.3 Å². The quantitative estimate of drug-likeness (QED) is 0.632. The van der Waals surface area contributed by atoms with E-state index in [1.54, 1.807) is 0 Å². The molecule has 0 atom stereocenters. The third-order valence-corrected chi connectivity index (χ3v) is 4.57. The van der Waals surface area contributed by atoms with E-state index in [0.29, 0.717) is 32.0 Å². The molecule has 1 aromatic carbocycles. The molecular weight excluding hydrogens is 377 g/mol. The molecule has 0 N–H and O–H groups in total. The minimum absolute atomic E-state index is 0.0943. The van der Waals surface area contributed by atoms with Crippen molar-refractivity contribution in [3.63, 3.8) is 0 Å². The van der Waals surface area contributed by atoms with Gasteiger partial charge in [0.25, 0.3) is 0 Å². The third-order valence-electron chi connectivity index (χ3n) is 4.57. The van der Waals surface area contributed by atoms with Gasteiger partial charge in [0.05, 0.1) is 32.3 Å². The van der Waals surface area contributed by atoms with E-state index >= 15 is 0 Å². The van der Waals surface area contributed by atoms with Crippen LogP contribution in [0.3, 0.4) is 0 Å². The Bertz CT molecular complexity index is 639. The van der Waals surface area contributed by atoms with Gasteiger partial charge in [-0.25, -0.2) is 4.39 Å². The molecule has 0 unspecified atom stereocenters. The van der Waals surface area contributed by atoms with Gasteiger partial charge in [0.15, 0.2) is 24.1 Å². The first-order valence-corrected chi connectivity index (χ1v) is 9.44. The summed E-state index contributed by atoms with van der Waals surface area (Å²) in [7, 11) is 0. The van der Waals surface area contributed by atoms with Crippen molar-refractivity contribution in [2.75, 3.05) is 26.4 Å². The van der Waals surface area contributed by atoms with Crippen LogP contribution >= 0.6 is 0 Å². The molecule has 28 heavy (non-hydrogen) atoms. The van der Waals surface area contributed by atoms with Crippen LogP contribution in [0.4, 0.5) is 13.2 Å². The number of halogens is 3. The van der Waals surface area contributed by atoms with Crippen molar-refractivity contribution in [2.24, 2.45) is 11.8 Å². The Hall–Kier alpha value is -1.61. The lowest BCUT2D eigenvalue weighted by Gasteiger charge is -2.37. The van der Waals surface area contributed by atoms with Crippen molar-refractivity contribution < 1.29 is 36.9 Å². The van der Waals surface area contributed by atoms with Crippen molar-refractivity contribution in [1.82, 2.24) is 0 Å². The largest absolute Gasteiger partial charge is 0.432 e. The van der Waals surface area contributed by atoms with Crippen molar-refractivity contribution in [2.45, 2.75) is 39.0 Å². The van der Waals surface area contributed by atoms with Gasteiger partial charge in [0.1, 0.15) is 0 Å². The first-order chi connectivity index (χ1) is 13.6. The smallest absolute Gasteiger partial charge is 0.387 e. The molecule has 2 aliphatic rings. The zero-order chi connectivity index (χ0) is 19.9. The molecule has 0 radical (unpaired) electrons. The van der Waals surface area contributed by atoms with E-state index in [1.165, 1.54) is 6.07 Å². The fourth-order valence-electron chi connectivity index (χ4n) is 3.09. The number of rotatable bonds is 7. The van der Waals surface area contributed by atoms with Gasteiger partial charge in [-0.05, 0) is 18.6 Å². The maximum Gasteiger partial charge on any atom is 0.387 e. The highest BCUT2D eigenvalue weighted by Gasteiger charge is 2.34. The summed E-state index contributed by atoms with van der Waals surface area (Å²) in [5, 5.41) is 0. The summed E-state index contributed by atoms with van der Waals surface area (Å²) >= 11 is 0. The highest BCUT2D eigenvalue weighted by molar-refractivity contribution is 5.30. The highest BCUT2D eigenvalue weighted by atomic mass is 19.3. The van der Waals surface area contributed by atoms with E-state index < -0.39 is 30.8 Å². The molecule has 2 aliphatic heterocycles. The number of hydrogen-bond acceptors (Lipinski definition) is 5. The molecule has 1 aromatic rings. The lowest BCUT2D eigenvalue weighted by Crippen LogP contribution is -2.42. The number of ether oxygens (including phenoxy) is 5. The van der Waals surface area contributed by atoms with Gasteiger partial charge in [-0.2, -0.15) is 8.78 Å². The van der Waals surface area contributed by atoms with Crippen LogP contribution in [0.15, 0.2) is 30.4 Å². The zero-order valence-electron chi connectivity index (χ0n) is 15.7. The monoisotopic (exact) mass is 402 g/mol. The van der Waals surface area contributed by atoms with Gasteiger partial charge < -0.3 is 23.7 Å². The maximum atomic E-state index is 13.9. The predicted molar refractivity (Wildman–Crippen MR) is 94.4 cm³/mol. The Morgan fingerprint density at radius 1 is 1.11 bits per heavy atom. The summed E-state index contributed by atoms with van der Waals surface area (Å²) in [4.78, 5) is 0. The summed E-state index contributed by atoms with van der Waals surface area (Å²) < 4.78 is 65.3. The van der Waals surface area contributed by atoms with Crippen LogP contribution in [0.25, 0.3) is 0 Å². The number of benzene rings is 1. The molecule has 156 valence electrons. The molecule has 2 heterocycles. The molecule has 0 saturated carbocycles. The Morgan fingerprint density at radius 3 is 2.43 bits per heavy atom. The van der Waals surface area contributed by atoms with Crippen LogP contribution < -0.4 is 4.74 Å². The normalized spacial score (nSPS) is 28.8. The summed E-state index contributed by atoms with van der Waals surface area (Å²) in [6.07, 6.45) is 5.24. The van der Waals surface area contributed by atoms with Crippen LogP contribution in [0.1, 0.15) is 31.6 Å². The van der Waals surface area contributed by atoms with E-state index in [2.05, 4.69) is 23.8 Å². The van der Waals surface area contributed by atoms with Crippen molar-refractivity contribution in [3.8, 4) is 5.75 Å². The Balaban J connectivity index is 1.47. The molecule has 3 rings (SSSR count). The Morgan fingerprint density at radius 2 is 1.82 bits per heavy atom. The minimum atomic E-state index is -3.08. The van der Waals surface area contributed by atoms with Gasteiger partial charge in [-0.3, -0.25) is 0 Å².